The number of amides is 1. The highest BCUT2D eigenvalue weighted by molar-refractivity contribution is 6.17. The fourth-order valence-electron chi connectivity index (χ4n) is 4.52. The van der Waals surface area contributed by atoms with Gasteiger partial charge >= 0.3 is 12.4 Å². The van der Waals surface area contributed by atoms with Crippen LogP contribution >= 0.6 is 0 Å². The van der Waals surface area contributed by atoms with E-state index in [1.807, 2.05) is 6.07 Å². The monoisotopic (exact) mass is 505 g/mol. The van der Waals surface area contributed by atoms with Gasteiger partial charge in [0.15, 0.2) is 0 Å². The van der Waals surface area contributed by atoms with Crippen molar-refractivity contribution in [2.75, 3.05) is 0 Å². The number of nitrogens with zero attached hydrogens (tertiary/aromatic N) is 1. The van der Waals surface area contributed by atoms with Crippen LogP contribution in [0.2, 0.25) is 0 Å². The van der Waals surface area contributed by atoms with E-state index in [0.717, 1.165) is 37.3 Å². The van der Waals surface area contributed by atoms with E-state index in [1.54, 1.807) is 22.8 Å². The largest absolute Gasteiger partial charge is 0.416 e. The van der Waals surface area contributed by atoms with Crippen LogP contribution in [-0.4, -0.2) is 10.5 Å². The molecule has 189 valence electrons. The first-order valence-corrected chi connectivity index (χ1v) is 11.4. The second kappa shape index (κ2) is 9.52. The number of aromatic nitrogens is 1. The molecule has 36 heavy (non-hydrogen) atoms. The lowest BCUT2D eigenvalue weighted by molar-refractivity contribution is -0.143. The van der Waals surface area contributed by atoms with E-state index < -0.39 is 29.4 Å². The van der Waals surface area contributed by atoms with Crippen LogP contribution in [-0.2, 0) is 25.3 Å². The van der Waals surface area contributed by atoms with Gasteiger partial charge < -0.3 is 10.3 Å². The molecule has 0 unspecified atom stereocenters. The van der Waals surface area contributed by atoms with E-state index >= 15 is 0 Å². The van der Waals surface area contributed by atoms with Gasteiger partial charge in [0.05, 0.1) is 22.2 Å². The van der Waals surface area contributed by atoms with Crippen molar-refractivity contribution in [3.05, 3.63) is 82.4 Å². The summed E-state index contributed by atoms with van der Waals surface area (Å²) in [5, 5.41) is 0.958. The summed E-state index contributed by atoms with van der Waals surface area (Å²) in [7, 11) is 0. The predicted molar refractivity (Wildman–Crippen MR) is 126 cm³/mol. The lowest BCUT2D eigenvalue weighted by Crippen LogP contribution is -2.15. The van der Waals surface area contributed by atoms with E-state index in [2.05, 4.69) is 13.0 Å². The molecule has 0 atom stereocenters. The normalized spacial score (nSPS) is 12.5. The van der Waals surface area contributed by atoms with Crippen LogP contribution in [0.4, 0.5) is 26.3 Å². The SMILES string of the molecule is CCCCCc1c[c]c2c3c(C(N)=O)cccc3n(Cc3ccc(C(F)(F)F)cc3C(F)(F)F)c2c1. The highest BCUT2D eigenvalue weighted by atomic mass is 19.4. The summed E-state index contributed by atoms with van der Waals surface area (Å²) in [5.74, 6) is -0.703. The number of fused-ring (bicyclic) bond motifs is 3. The first-order chi connectivity index (χ1) is 16.9. The molecular formula is C27H23F6N2O. The molecule has 4 aromatic rings. The molecule has 1 aromatic heterocycles. The van der Waals surface area contributed by atoms with Gasteiger partial charge in [0.1, 0.15) is 0 Å². The lowest BCUT2D eigenvalue weighted by Gasteiger charge is -2.17. The van der Waals surface area contributed by atoms with Crippen molar-refractivity contribution in [1.29, 1.82) is 0 Å². The number of hydrogen-bond acceptors (Lipinski definition) is 1. The average Bonchev–Trinajstić information content (AvgIpc) is 3.11. The average molecular weight is 505 g/mol. The van der Waals surface area contributed by atoms with Gasteiger partial charge in [0, 0.05) is 22.9 Å². The minimum absolute atomic E-state index is 0.139. The van der Waals surface area contributed by atoms with Crippen LogP contribution in [0.1, 0.15) is 58.8 Å². The summed E-state index contributed by atoms with van der Waals surface area (Å²) in [6.07, 6.45) is -6.23. The number of aryl methyl sites for hydroxylation is 1. The van der Waals surface area contributed by atoms with Gasteiger partial charge in [-0.2, -0.15) is 26.3 Å². The molecule has 1 amide bonds. The predicted octanol–water partition coefficient (Wildman–Crippen LogP) is 7.51. The summed E-state index contributed by atoms with van der Waals surface area (Å²) in [5.41, 5.74) is 4.59. The standard InChI is InChI=1S/C27H23F6N2O/c1-2-3-4-6-16-9-12-19-23(13-16)35(22-8-5-7-20(24(19)22)25(34)36)15-17-10-11-18(26(28,29)30)14-21(17)27(31,32)33/h5,7-11,13-14H,2-4,6,15H2,1H3,(H2,34,36). The zero-order valence-electron chi connectivity index (χ0n) is 19.4. The van der Waals surface area contributed by atoms with Crippen molar-refractivity contribution in [3.63, 3.8) is 0 Å². The Morgan fingerprint density at radius 1 is 0.972 bits per heavy atom. The molecule has 2 N–H and O–H groups in total. The minimum Gasteiger partial charge on any atom is -0.366 e. The Labute approximate surface area is 203 Å². The van der Waals surface area contributed by atoms with Gasteiger partial charge in [0.2, 0.25) is 5.91 Å². The minimum atomic E-state index is -4.99. The van der Waals surface area contributed by atoms with E-state index in [9.17, 15) is 31.1 Å². The maximum atomic E-state index is 13.8. The molecule has 0 spiro atoms. The van der Waals surface area contributed by atoms with Crippen LogP contribution in [0, 0.1) is 6.07 Å². The molecule has 0 bridgehead atoms. The van der Waals surface area contributed by atoms with Crippen LogP contribution in [0.3, 0.4) is 0 Å². The maximum absolute atomic E-state index is 13.8. The van der Waals surface area contributed by atoms with Gasteiger partial charge in [-0.05, 0) is 60.4 Å². The number of alkyl halides is 6. The van der Waals surface area contributed by atoms with Crippen molar-refractivity contribution in [1.82, 2.24) is 4.57 Å². The van der Waals surface area contributed by atoms with Crippen LogP contribution < -0.4 is 5.73 Å². The van der Waals surface area contributed by atoms with Gasteiger partial charge in [-0.15, -0.1) is 0 Å². The molecule has 9 heteroatoms. The summed E-state index contributed by atoms with van der Waals surface area (Å²) < 4.78 is 82.5. The number of benzene rings is 3. The van der Waals surface area contributed by atoms with Crippen molar-refractivity contribution >= 4 is 27.7 Å². The van der Waals surface area contributed by atoms with Crippen molar-refractivity contribution in [2.45, 2.75) is 51.5 Å². The third-order valence-electron chi connectivity index (χ3n) is 6.26. The van der Waals surface area contributed by atoms with E-state index in [4.69, 9.17) is 5.73 Å². The summed E-state index contributed by atoms with van der Waals surface area (Å²) in [6, 6.07) is 13.2. The molecule has 4 rings (SSSR count). The fourth-order valence-corrected chi connectivity index (χ4v) is 4.52. The number of nitrogens with two attached hydrogens (primary N) is 1. The molecule has 1 radical (unpaired) electrons. The van der Waals surface area contributed by atoms with E-state index in [1.165, 1.54) is 6.07 Å². The van der Waals surface area contributed by atoms with Gasteiger partial charge in [0.25, 0.3) is 0 Å². The van der Waals surface area contributed by atoms with Crippen molar-refractivity contribution in [2.24, 2.45) is 5.73 Å². The van der Waals surface area contributed by atoms with E-state index in [0.29, 0.717) is 27.9 Å². The third kappa shape index (κ3) is 4.92. The fraction of sp³-hybridized carbons (Fsp3) is 0.296. The Balaban J connectivity index is 1.95. The third-order valence-corrected chi connectivity index (χ3v) is 6.26. The number of halogens is 6. The van der Waals surface area contributed by atoms with E-state index in [-0.39, 0.29) is 23.7 Å². The van der Waals surface area contributed by atoms with Crippen LogP contribution in [0.15, 0.2) is 48.5 Å². The molecule has 3 aromatic carbocycles. The number of hydrogen-bond donors (Lipinski definition) is 1. The Bertz CT molecular complexity index is 1430. The highest BCUT2D eigenvalue weighted by Crippen LogP contribution is 2.39. The Hall–Kier alpha value is -3.49. The Morgan fingerprint density at radius 2 is 1.72 bits per heavy atom. The molecular weight excluding hydrogens is 482 g/mol. The molecule has 0 fully saturated rings. The van der Waals surface area contributed by atoms with Crippen molar-refractivity contribution in [3.8, 4) is 0 Å². The highest BCUT2D eigenvalue weighted by Gasteiger charge is 2.38. The summed E-state index contributed by atoms with van der Waals surface area (Å²) in [4.78, 5) is 12.1. The Kier molecular flexibility index (Phi) is 6.77. The molecule has 0 aliphatic heterocycles. The lowest BCUT2D eigenvalue weighted by atomic mass is 10.0. The quantitative estimate of drug-likeness (QED) is 0.205. The smallest absolute Gasteiger partial charge is 0.366 e. The number of carbonyl (C=O) groups excluding carboxylic acids is 1. The van der Waals surface area contributed by atoms with Gasteiger partial charge in [-0.1, -0.05) is 38.0 Å². The maximum Gasteiger partial charge on any atom is 0.416 e. The molecule has 0 saturated carbocycles. The second-order valence-electron chi connectivity index (χ2n) is 8.74. The zero-order valence-corrected chi connectivity index (χ0v) is 19.4. The van der Waals surface area contributed by atoms with Crippen LogP contribution in [0.25, 0.3) is 21.8 Å². The second-order valence-corrected chi connectivity index (χ2v) is 8.74. The summed E-state index contributed by atoms with van der Waals surface area (Å²) >= 11 is 0. The molecule has 1 heterocycles. The Morgan fingerprint density at radius 3 is 2.36 bits per heavy atom. The number of carbonyl (C=O) groups is 1. The first-order valence-electron chi connectivity index (χ1n) is 11.4. The molecule has 0 aliphatic rings. The molecule has 0 aliphatic carbocycles. The van der Waals surface area contributed by atoms with Crippen molar-refractivity contribution < 1.29 is 31.1 Å². The number of unbranched alkanes of at least 4 members (excludes halogenated alkanes) is 2. The molecule has 3 nitrogen and oxygen atoms in total. The van der Waals surface area contributed by atoms with Gasteiger partial charge in [-0.25, -0.2) is 0 Å². The van der Waals surface area contributed by atoms with Gasteiger partial charge in [-0.3, -0.25) is 4.79 Å². The van der Waals surface area contributed by atoms with Crippen LogP contribution in [0.5, 0.6) is 0 Å². The topological polar surface area (TPSA) is 48.0 Å². The summed E-state index contributed by atoms with van der Waals surface area (Å²) in [6.45, 7) is 1.71. The first kappa shape index (κ1) is 25.6. The molecule has 0 saturated heterocycles. The number of primary amides is 1. The number of rotatable bonds is 7. The zero-order chi connectivity index (χ0) is 26.3.